The molecule has 0 aliphatic carbocycles. The van der Waals surface area contributed by atoms with Gasteiger partial charge < -0.3 is 11.1 Å². The highest BCUT2D eigenvalue weighted by Gasteiger charge is 2.37. The molecule has 1 aliphatic heterocycles. The molecule has 8 heteroatoms. The number of hydrogen-bond donors (Lipinski definition) is 2. The van der Waals surface area contributed by atoms with Crippen LogP contribution in [0.4, 0.5) is 5.69 Å². The molecule has 3 amide bonds. The molecule has 0 saturated carbocycles. The zero-order valence-corrected chi connectivity index (χ0v) is 14.4. The molecule has 25 heavy (non-hydrogen) atoms. The van der Waals surface area contributed by atoms with E-state index in [1.165, 1.54) is 6.07 Å². The van der Waals surface area contributed by atoms with Gasteiger partial charge in [-0.2, -0.15) is 0 Å². The largest absolute Gasteiger partial charge is 0.324 e. The molecule has 0 unspecified atom stereocenters. The van der Waals surface area contributed by atoms with Gasteiger partial charge in [0.25, 0.3) is 11.8 Å². The van der Waals surface area contributed by atoms with Gasteiger partial charge in [-0.3, -0.25) is 19.3 Å². The van der Waals surface area contributed by atoms with Gasteiger partial charge in [0.2, 0.25) is 5.91 Å². The Balaban J connectivity index is 1.96. The standard InChI is InChI=1S/C17H13Cl2N3O3/c18-10-4-5-12(19)9(6-10)8-22-16(24)11-2-1-3-13(15(11)17(22)25)21-14(23)7-20/h1-6H,7-8,20H2,(H,21,23). The Morgan fingerprint density at radius 3 is 2.60 bits per heavy atom. The third kappa shape index (κ3) is 3.24. The Morgan fingerprint density at radius 1 is 1.12 bits per heavy atom. The first-order chi connectivity index (χ1) is 11.9. The van der Waals surface area contributed by atoms with Crippen molar-refractivity contribution in [2.24, 2.45) is 5.73 Å². The van der Waals surface area contributed by atoms with Gasteiger partial charge in [0.15, 0.2) is 0 Å². The van der Waals surface area contributed by atoms with Crippen LogP contribution in [0.5, 0.6) is 0 Å². The van der Waals surface area contributed by atoms with E-state index in [9.17, 15) is 14.4 Å². The zero-order chi connectivity index (χ0) is 18.1. The Bertz CT molecular complexity index is 899. The van der Waals surface area contributed by atoms with Crippen LogP contribution in [0.3, 0.4) is 0 Å². The first-order valence-electron chi connectivity index (χ1n) is 7.35. The number of halogens is 2. The Hall–Kier alpha value is -2.41. The van der Waals surface area contributed by atoms with Gasteiger partial charge in [-0.15, -0.1) is 0 Å². The molecule has 0 spiro atoms. The fourth-order valence-corrected chi connectivity index (χ4v) is 2.99. The average molecular weight is 378 g/mol. The number of imide groups is 1. The van der Waals surface area contributed by atoms with Crippen molar-refractivity contribution >= 4 is 46.6 Å². The summed E-state index contributed by atoms with van der Waals surface area (Å²) in [7, 11) is 0. The molecule has 0 bridgehead atoms. The van der Waals surface area contributed by atoms with E-state index in [4.69, 9.17) is 28.9 Å². The molecule has 2 aromatic carbocycles. The number of amides is 3. The Kier molecular flexibility index (Phi) is 4.76. The number of nitrogens with zero attached hydrogens (tertiary/aromatic N) is 1. The molecule has 0 aromatic heterocycles. The first-order valence-corrected chi connectivity index (χ1v) is 8.11. The lowest BCUT2D eigenvalue weighted by molar-refractivity contribution is -0.114. The van der Waals surface area contributed by atoms with Crippen molar-refractivity contribution in [3.8, 4) is 0 Å². The van der Waals surface area contributed by atoms with Gasteiger partial charge >= 0.3 is 0 Å². The van der Waals surface area contributed by atoms with E-state index in [2.05, 4.69) is 5.32 Å². The lowest BCUT2D eigenvalue weighted by Crippen LogP contribution is -2.29. The third-order valence-electron chi connectivity index (χ3n) is 3.79. The molecule has 6 nitrogen and oxygen atoms in total. The van der Waals surface area contributed by atoms with E-state index in [1.54, 1.807) is 30.3 Å². The Labute approximate surface area is 153 Å². The molecular weight excluding hydrogens is 365 g/mol. The number of anilines is 1. The maximum Gasteiger partial charge on any atom is 0.263 e. The third-order valence-corrected chi connectivity index (χ3v) is 4.40. The number of nitrogens with two attached hydrogens (primary N) is 1. The smallest absolute Gasteiger partial charge is 0.263 e. The molecule has 0 atom stereocenters. The quantitative estimate of drug-likeness (QED) is 0.801. The first kappa shape index (κ1) is 17.4. The van der Waals surface area contributed by atoms with Crippen molar-refractivity contribution in [1.82, 2.24) is 4.90 Å². The summed E-state index contributed by atoms with van der Waals surface area (Å²) in [6, 6.07) is 9.50. The maximum absolute atomic E-state index is 12.7. The van der Waals surface area contributed by atoms with Crippen LogP contribution in [0, 0.1) is 0 Å². The van der Waals surface area contributed by atoms with E-state index in [0.29, 0.717) is 15.6 Å². The van der Waals surface area contributed by atoms with Crippen molar-refractivity contribution in [3.63, 3.8) is 0 Å². The summed E-state index contributed by atoms with van der Waals surface area (Å²) >= 11 is 12.1. The lowest BCUT2D eigenvalue weighted by atomic mass is 10.1. The zero-order valence-electron chi connectivity index (χ0n) is 12.9. The van der Waals surface area contributed by atoms with E-state index in [0.717, 1.165) is 4.90 Å². The second kappa shape index (κ2) is 6.84. The average Bonchev–Trinajstić information content (AvgIpc) is 2.83. The number of benzene rings is 2. The van der Waals surface area contributed by atoms with Crippen LogP contribution >= 0.6 is 23.2 Å². The predicted molar refractivity (Wildman–Crippen MR) is 94.8 cm³/mol. The molecule has 1 aliphatic rings. The topological polar surface area (TPSA) is 92.5 Å². The number of rotatable bonds is 4. The fraction of sp³-hybridized carbons (Fsp3) is 0.118. The monoisotopic (exact) mass is 377 g/mol. The van der Waals surface area contributed by atoms with Gasteiger partial charge in [-0.05, 0) is 35.9 Å². The molecule has 0 fully saturated rings. The summed E-state index contributed by atoms with van der Waals surface area (Å²) in [4.78, 5) is 38.0. The summed E-state index contributed by atoms with van der Waals surface area (Å²) in [5.41, 5.74) is 6.46. The molecule has 3 N–H and O–H groups in total. The van der Waals surface area contributed by atoms with Crippen LogP contribution < -0.4 is 11.1 Å². The lowest BCUT2D eigenvalue weighted by Gasteiger charge is -2.15. The minimum atomic E-state index is -0.510. The maximum atomic E-state index is 12.7. The van der Waals surface area contributed by atoms with Crippen molar-refractivity contribution in [2.45, 2.75) is 6.54 Å². The number of carbonyl (C=O) groups excluding carboxylic acids is 3. The van der Waals surface area contributed by atoms with Crippen LogP contribution in [0.25, 0.3) is 0 Å². The SMILES string of the molecule is NCC(=O)Nc1cccc2c1C(=O)N(Cc1cc(Cl)ccc1Cl)C2=O. The summed E-state index contributed by atoms with van der Waals surface area (Å²) in [5, 5.41) is 3.39. The van der Waals surface area contributed by atoms with E-state index >= 15 is 0 Å². The number of fused-ring (bicyclic) bond motifs is 1. The van der Waals surface area contributed by atoms with E-state index in [-0.39, 0.29) is 29.9 Å². The summed E-state index contributed by atoms with van der Waals surface area (Å²) in [5.74, 6) is -1.42. The predicted octanol–water partition coefficient (Wildman–Crippen LogP) is 2.69. The van der Waals surface area contributed by atoms with E-state index < -0.39 is 17.7 Å². The molecular formula is C17H13Cl2N3O3. The number of carbonyl (C=O) groups is 3. The van der Waals surface area contributed by atoms with Crippen LogP contribution in [-0.2, 0) is 11.3 Å². The molecule has 1 heterocycles. The molecule has 0 radical (unpaired) electrons. The normalized spacial score (nSPS) is 13.2. The van der Waals surface area contributed by atoms with Gasteiger partial charge in [0.1, 0.15) is 0 Å². The fourth-order valence-electron chi connectivity index (χ4n) is 2.62. The second-order valence-corrected chi connectivity index (χ2v) is 6.26. The van der Waals surface area contributed by atoms with Crippen molar-refractivity contribution in [1.29, 1.82) is 0 Å². The summed E-state index contributed by atoms with van der Waals surface area (Å²) in [6.07, 6.45) is 0. The van der Waals surface area contributed by atoms with Crippen LogP contribution in [0.2, 0.25) is 10.0 Å². The summed E-state index contributed by atoms with van der Waals surface area (Å²) < 4.78 is 0. The van der Waals surface area contributed by atoms with Crippen LogP contribution in [0.15, 0.2) is 36.4 Å². The van der Waals surface area contributed by atoms with Gasteiger partial charge in [0.05, 0.1) is 29.9 Å². The molecule has 0 saturated heterocycles. The highest BCUT2D eigenvalue weighted by molar-refractivity contribution is 6.33. The highest BCUT2D eigenvalue weighted by atomic mass is 35.5. The van der Waals surface area contributed by atoms with Crippen LogP contribution in [0.1, 0.15) is 26.3 Å². The highest BCUT2D eigenvalue weighted by Crippen LogP contribution is 2.32. The Morgan fingerprint density at radius 2 is 1.88 bits per heavy atom. The molecule has 3 rings (SSSR count). The van der Waals surface area contributed by atoms with Crippen molar-refractivity contribution in [2.75, 3.05) is 11.9 Å². The number of hydrogen-bond acceptors (Lipinski definition) is 4. The van der Waals surface area contributed by atoms with Crippen molar-refractivity contribution < 1.29 is 14.4 Å². The number of nitrogens with one attached hydrogen (secondary N) is 1. The second-order valence-electron chi connectivity index (χ2n) is 5.41. The van der Waals surface area contributed by atoms with Gasteiger partial charge in [-0.25, -0.2) is 0 Å². The van der Waals surface area contributed by atoms with E-state index in [1.807, 2.05) is 0 Å². The van der Waals surface area contributed by atoms with Gasteiger partial charge in [0, 0.05) is 10.0 Å². The van der Waals surface area contributed by atoms with Crippen LogP contribution in [-0.4, -0.2) is 29.2 Å². The molecule has 128 valence electrons. The minimum absolute atomic E-state index is 0.0178. The van der Waals surface area contributed by atoms with Gasteiger partial charge in [-0.1, -0.05) is 29.3 Å². The minimum Gasteiger partial charge on any atom is -0.324 e. The summed E-state index contributed by atoms with van der Waals surface area (Å²) in [6.45, 7) is -0.246. The van der Waals surface area contributed by atoms with Crippen molar-refractivity contribution in [3.05, 3.63) is 63.1 Å². The molecule has 2 aromatic rings.